The van der Waals surface area contributed by atoms with Crippen molar-refractivity contribution in [1.29, 1.82) is 0 Å². The van der Waals surface area contributed by atoms with Crippen LogP contribution < -0.4 is 0 Å². The Kier molecular flexibility index (Phi) is 2.80. The Morgan fingerprint density at radius 1 is 1.67 bits per heavy atom. The number of aldehydes is 1. The maximum absolute atomic E-state index is 12.1. The standard InChI is InChI=1S/C9H14F2O/c1-7-3-2-4-9(7,6-12)5-8(10)11/h6-8H,2-5H2,1H3. The molecule has 0 radical (unpaired) electrons. The minimum atomic E-state index is -2.35. The van der Waals surface area contributed by atoms with Gasteiger partial charge in [-0.15, -0.1) is 0 Å². The fourth-order valence-electron chi connectivity index (χ4n) is 2.08. The lowest BCUT2D eigenvalue weighted by atomic mass is 9.77. The van der Waals surface area contributed by atoms with Gasteiger partial charge in [-0.1, -0.05) is 13.3 Å². The molecular weight excluding hydrogens is 162 g/mol. The maximum Gasteiger partial charge on any atom is 0.239 e. The van der Waals surface area contributed by atoms with Crippen LogP contribution in [0.4, 0.5) is 8.78 Å². The summed E-state index contributed by atoms with van der Waals surface area (Å²) in [5.41, 5.74) is -0.714. The molecule has 1 rings (SSSR count). The lowest BCUT2D eigenvalue weighted by Crippen LogP contribution is -2.28. The predicted molar refractivity (Wildman–Crippen MR) is 42.1 cm³/mol. The minimum Gasteiger partial charge on any atom is -0.303 e. The first-order valence-corrected chi connectivity index (χ1v) is 4.35. The van der Waals surface area contributed by atoms with Crippen LogP contribution in [0.15, 0.2) is 0 Å². The van der Waals surface area contributed by atoms with Crippen LogP contribution in [0, 0.1) is 11.3 Å². The van der Waals surface area contributed by atoms with Crippen molar-refractivity contribution >= 4 is 6.29 Å². The summed E-state index contributed by atoms with van der Waals surface area (Å²) in [4.78, 5) is 10.7. The van der Waals surface area contributed by atoms with E-state index in [0.717, 1.165) is 19.1 Å². The minimum absolute atomic E-state index is 0.129. The van der Waals surface area contributed by atoms with Crippen LogP contribution in [-0.2, 0) is 4.79 Å². The first-order chi connectivity index (χ1) is 5.60. The number of rotatable bonds is 3. The molecule has 0 aliphatic heterocycles. The fourth-order valence-corrected chi connectivity index (χ4v) is 2.08. The van der Waals surface area contributed by atoms with E-state index in [2.05, 4.69) is 0 Å². The van der Waals surface area contributed by atoms with Gasteiger partial charge in [0.25, 0.3) is 0 Å². The molecule has 3 heteroatoms. The van der Waals surface area contributed by atoms with Crippen LogP contribution in [0.5, 0.6) is 0 Å². The van der Waals surface area contributed by atoms with Crippen LogP contribution in [0.3, 0.4) is 0 Å². The summed E-state index contributed by atoms with van der Waals surface area (Å²) in [6.45, 7) is 1.89. The van der Waals surface area contributed by atoms with E-state index in [-0.39, 0.29) is 12.3 Å². The summed E-state index contributed by atoms with van der Waals surface area (Å²) in [7, 11) is 0. The Labute approximate surface area is 71.1 Å². The molecule has 1 fully saturated rings. The molecule has 12 heavy (non-hydrogen) atoms. The second-order valence-corrected chi connectivity index (χ2v) is 3.74. The molecule has 70 valence electrons. The Balaban J connectivity index is 2.67. The molecule has 2 unspecified atom stereocenters. The number of carbonyl (C=O) groups excluding carboxylic acids is 1. The van der Waals surface area contributed by atoms with Gasteiger partial charge in [-0.3, -0.25) is 0 Å². The van der Waals surface area contributed by atoms with E-state index < -0.39 is 11.8 Å². The molecule has 1 saturated carbocycles. The van der Waals surface area contributed by atoms with Crippen molar-refractivity contribution in [2.45, 2.75) is 39.0 Å². The van der Waals surface area contributed by atoms with Crippen molar-refractivity contribution in [3.8, 4) is 0 Å². The Hall–Kier alpha value is -0.470. The zero-order valence-electron chi connectivity index (χ0n) is 7.22. The lowest BCUT2D eigenvalue weighted by molar-refractivity contribution is -0.120. The summed E-state index contributed by atoms with van der Waals surface area (Å²) in [5, 5.41) is 0. The number of hydrogen-bond acceptors (Lipinski definition) is 1. The lowest BCUT2D eigenvalue weighted by Gasteiger charge is -2.26. The third-order valence-electron chi connectivity index (χ3n) is 3.03. The van der Waals surface area contributed by atoms with Gasteiger partial charge in [-0.2, -0.15) is 0 Å². The van der Waals surface area contributed by atoms with E-state index >= 15 is 0 Å². The third-order valence-corrected chi connectivity index (χ3v) is 3.03. The predicted octanol–water partition coefficient (Wildman–Crippen LogP) is 2.65. The molecular formula is C9H14F2O. The number of carbonyl (C=O) groups is 1. The monoisotopic (exact) mass is 176 g/mol. The number of hydrogen-bond donors (Lipinski definition) is 0. The summed E-state index contributed by atoms with van der Waals surface area (Å²) >= 11 is 0. The highest BCUT2D eigenvalue weighted by Gasteiger charge is 2.41. The summed E-state index contributed by atoms with van der Waals surface area (Å²) in [6, 6.07) is 0. The SMILES string of the molecule is CC1CCCC1(C=O)CC(F)F. The quantitative estimate of drug-likeness (QED) is 0.604. The summed E-state index contributed by atoms with van der Waals surface area (Å²) in [6.07, 6.45) is 0.602. The first kappa shape index (κ1) is 9.62. The molecule has 0 saturated heterocycles. The molecule has 0 heterocycles. The highest BCUT2D eigenvalue weighted by atomic mass is 19.3. The van der Waals surface area contributed by atoms with Gasteiger partial charge in [0.15, 0.2) is 0 Å². The number of alkyl halides is 2. The second kappa shape index (κ2) is 3.50. The topological polar surface area (TPSA) is 17.1 Å². The van der Waals surface area contributed by atoms with Gasteiger partial charge in [0.05, 0.1) is 0 Å². The molecule has 0 bridgehead atoms. The van der Waals surface area contributed by atoms with Crippen molar-refractivity contribution in [3.63, 3.8) is 0 Å². The normalized spacial score (nSPS) is 35.8. The Morgan fingerprint density at radius 3 is 2.67 bits per heavy atom. The molecule has 0 aromatic heterocycles. The average Bonchev–Trinajstić information content (AvgIpc) is 2.32. The van der Waals surface area contributed by atoms with Crippen LogP contribution in [-0.4, -0.2) is 12.7 Å². The molecule has 0 aromatic rings. The van der Waals surface area contributed by atoms with Gasteiger partial charge in [-0.25, -0.2) is 8.78 Å². The van der Waals surface area contributed by atoms with Crippen LogP contribution in [0.1, 0.15) is 32.6 Å². The summed E-state index contributed by atoms with van der Waals surface area (Å²) < 4.78 is 24.3. The summed E-state index contributed by atoms with van der Waals surface area (Å²) in [5.74, 6) is 0.129. The fraction of sp³-hybridized carbons (Fsp3) is 0.889. The first-order valence-electron chi connectivity index (χ1n) is 4.35. The van der Waals surface area contributed by atoms with Gasteiger partial charge < -0.3 is 4.79 Å². The van der Waals surface area contributed by atoms with Crippen molar-refractivity contribution in [2.75, 3.05) is 0 Å². The average molecular weight is 176 g/mol. The van der Waals surface area contributed by atoms with Crippen molar-refractivity contribution < 1.29 is 13.6 Å². The zero-order valence-corrected chi connectivity index (χ0v) is 7.22. The van der Waals surface area contributed by atoms with Crippen molar-refractivity contribution in [1.82, 2.24) is 0 Å². The number of halogens is 2. The van der Waals surface area contributed by atoms with E-state index in [0.29, 0.717) is 6.42 Å². The zero-order chi connectivity index (χ0) is 9.19. The van der Waals surface area contributed by atoms with Gasteiger partial charge in [0.1, 0.15) is 6.29 Å². The van der Waals surface area contributed by atoms with Gasteiger partial charge >= 0.3 is 0 Å². The second-order valence-electron chi connectivity index (χ2n) is 3.74. The molecule has 0 amide bonds. The van der Waals surface area contributed by atoms with Gasteiger partial charge in [0, 0.05) is 11.8 Å². The van der Waals surface area contributed by atoms with Crippen LogP contribution in [0.2, 0.25) is 0 Å². The Bertz CT molecular complexity index is 170. The van der Waals surface area contributed by atoms with Crippen molar-refractivity contribution in [3.05, 3.63) is 0 Å². The van der Waals surface area contributed by atoms with Gasteiger partial charge in [0.2, 0.25) is 6.43 Å². The molecule has 2 atom stereocenters. The van der Waals surface area contributed by atoms with Crippen molar-refractivity contribution in [2.24, 2.45) is 11.3 Å². The molecule has 1 aliphatic carbocycles. The Morgan fingerprint density at radius 2 is 2.33 bits per heavy atom. The highest BCUT2D eigenvalue weighted by Crippen LogP contribution is 2.45. The van der Waals surface area contributed by atoms with E-state index in [4.69, 9.17) is 0 Å². The van der Waals surface area contributed by atoms with Crippen LogP contribution >= 0.6 is 0 Å². The third kappa shape index (κ3) is 1.65. The molecule has 0 N–H and O–H groups in total. The molecule has 1 nitrogen and oxygen atoms in total. The van der Waals surface area contributed by atoms with Gasteiger partial charge in [-0.05, 0) is 18.8 Å². The smallest absolute Gasteiger partial charge is 0.239 e. The van der Waals surface area contributed by atoms with E-state index in [1.807, 2.05) is 6.92 Å². The molecule has 1 aliphatic rings. The highest BCUT2D eigenvalue weighted by molar-refractivity contribution is 5.60. The largest absolute Gasteiger partial charge is 0.303 e. The van der Waals surface area contributed by atoms with Crippen LogP contribution in [0.25, 0.3) is 0 Å². The van der Waals surface area contributed by atoms with E-state index in [1.54, 1.807) is 0 Å². The van der Waals surface area contributed by atoms with E-state index in [9.17, 15) is 13.6 Å². The maximum atomic E-state index is 12.1. The molecule has 0 spiro atoms. The molecule has 0 aromatic carbocycles. The van der Waals surface area contributed by atoms with E-state index in [1.165, 1.54) is 0 Å².